The third-order valence-electron chi connectivity index (χ3n) is 3.43. The summed E-state index contributed by atoms with van der Waals surface area (Å²) in [6, 6.07) is 0. The number of rotatable bonds is 6. The van der Waals surface area contributed by atoms with Crippen LogP contribution in [0, 0.1) is 5.92 Å². The molecule has 1 aromatic rings. The Morgan fingerprint density at radius 1 is 1.50 bits per heavy atom. The maximum Gasteiger partial charge on any atom is 0.220 e. The van der Waals surface area contributed by atoms with E-state index in [1.165, 1.54) is 12.8 Å². The molecule has 2 rings (SSSR count). The van der Waals surface area contributed by atoms with Gasteiger partial charge < -0.3 is 10.6 Å². The van der Waals surface area contributed by atoms with E-state index < -0.39 is 0 Å². The number of amides is 1. The van der Waals surface area contributed by atoms with Crippen LogP contribution in [0.2, 0.25) is 0 Å². The van der Waals surface area contributed by atoms with E-state index in [2.05, 4.69) is 15.6 Å². The Bertz CT molecular complexity index is 347. The summed E-state index contributed by atoms with van der Waals surface area (Å²) < 4.78 is 0. The molecule has 0 bridgehead atoms. The number of aromatic nitrogens is 1. The van der Waals surface area contributed by atoms with Crippen LogP contribution < -0.4 is 10.6 Å². The van der Waals surface area contributed by atoms with E-state index in [-0.39, 0.29) is 5.91 Å². The molecule has 100 valence electrons. The van der Waals surface area contributed by atoms with Gasteiger partial charge in [0.2, 0.25) is 5.91 Å². The second-order valence-corrected chi connectivity index (χ2v) is 5.53. The van der Waals surface area contributed by atoms with Crippen molar-refractivity contribution < 1.29 is 4.79 Å². The summed E-state index contributed by atoms with van der Waals surface area (Å²) in [7, 11) is 0. The van der Waals surface area contributed by atoms with Gasteiger partial charge in [-0.3, -0.25) is 4.79 Å². The van der Waals surface area contributed by atoms with Crippen LogP contribution in [-0.4, -0.2) is 30.5 Å². The topological polar surface area (TPSA) is 54.0 Å². The van der Waals surface area contributed by atoms with Gasteiger partial charge in [0.25, 0.3) is 0 Å². The summed E-state index contributed by atoms with van der Waals surface area (Å²) in [6.07, 6.45) is 4.97. The van der Waals surface area contributed by atoms with Gasteiger partial charge in [0.1, 0.15) is 0 Å². The predicted octanol–water partition coefficient (Wildman–Crippen LogP) is 1.58. The predicted molar refractivity (Wildman–Crippen MR) is 73.7 cm³/mol. The van der Waals surface area contributed by atoms with Crippen molar-refractivity contribution in [2.45, 2.75) is 32.1 Å². The molecule has 0 aliphatic carbocycles. The Balaban J connectivity index is 1.54. The molecule has 1 amide bonds. The molecule has 0 spiro atoms. The molecule has 0 radical (unpaired) electrons. The van der Waals surface area contributed by atoms with Crippen molar-refractivity contribution in [2.75, 3.05) is 19.6 Å². The van der Waals surface area contributed by atoms with Crippen molar-refractivity contribution in [1.82, 2.24) is 15.6 Å². The molecule has 1 aliphatic heterocycles. The summed E-state index contributed by atoms with van der Waals surface area (Å²) in [6.45, 7) is 2.92. The quantitative estimate of drug-likeness (QED) is 0.823. The number of hydrogen-bond donors (Lipinski definition) is 2. The van der Waals surface area contributed by atoms with Crippen molar-refractivity contribution in [2.24, 2.45) is 5.92 Å². The van der Waals surface area contributed by atoms with Gasteiger partial charge in [0, 0.05) is 24.8 Å². The fraction of sp³-hybridized carbons (Fsp3) is 0.692. The van der Waals surface area contributed by atoms with E-state index in [4.69, 9.17) is 0 Å². The molecule has 4 nitrogen and oxygen atoms in total. The van der Waals surface area contributed by atoms with E-state index in [1.54, 1.807) is 11.3 Å². The highest BCUT2D eigenvalue weighted by Gasteiger charge is 2.14. The van der Waals surface area contributed by atoms with Gasteiger partial charge in [-0.2, -0.15) is 0 Å². The maximum absolute atomic E-state index is 11.7. The molecule has 1 aromatic heterocycles. The van der Waals surface area contributed by atoms with Crippen molar-refractivity contribution in [3.8, 4) is 0 Å². The fourth-order valence-electron chi connectivity index (χ4n) is 2.28. The van der Waals surface area contributed by atoms with E-state index in [0.717, 1.165) is 37.5 Å². The van der Waals surface area contributed by atoms with Crippen molar-refractivity contribution >= 4 is 17.2 Å². The fourth-order valence-corrected chi connectivity index (χ4v) is 2.88. The Morgan fingerprint density at radius 2 is 2.33 bits per heavy atom. The van der Waals surface area contributed by atoms with E-state index in [1.807, 2.05) is 10.9 Å². The molecule has 0 atom stereocenters. The van der Waals surface area contributed by atoms with E-state index in [9.17, 15) is 4.79 Å². The third kappa shape index (κ3) is 4.74. The van der Waals surface area contributed by atoms with Crippen LogP contribution in [0.1, 0.15) is 31.4 Å². The molecule has 1 fully saturated rings. The highest BCUT2D eigenvalue weighted by molar-refractivity contribution is 7.07. The van der Waals surface area contributed by atoms with Gasteiger partial charge in [0.05, 0.1) is 11.2 Å². The van der Waals surface area contributed by atoms with Crippen molar-refractivity contribution in [1.29, 1.82) is 0 Å². The second kappa shape index (κ2) is 7.48. The molecular formula is C13H21N3OS. The minimum absolute atomic E-state index is 0.184. The van der Waals surface area contributed by atoms with Crippen LogP contribution in [0.3, 0.4) is 0 Å². The van der Waals surface area contributed by atoms with Gasteiger partial charge in [-0.05, 0) is 38.3 Å². The zero-order valence-corrected chi connectivity index (χ0v) is 11.5. The number of nitrogens with zero attached hydrogens (tertiary/aromatic N) is 1. The first-order chi connectivity index (χ1) is 8.84. The SMILES string of the molecule is O=C(CCC1CCNCC1)NCCc1cscn1. The second-order valence-electron chi connectivity index (χ2n) is 4.81. The summed E-state index contributed by atoms with van der Waals surface area (Å²) >= 11 is 1.60. The monoisotopic (exact) mass is 267 g/mol. The molecule has 0 aromatic carbocycles. The Kier molecular flexibility index (Phi) is 5.61. The average Bonchev–Trinajstić information content (AvgIpc) is 2.91. The van der Waals surface area contributed by atoms with Crippen LogP contribution in [0.25, 0.3) is 0 Å². The zero-order chi connectivity index (χ0) is 12.6. The third-order valence-corrected chi connectivity index (χ3v) is 4.06. The normalized spacial score (nSPS) is 16.7. The number of nitrogens with one attached hydrogen (secondary N) is 2. The molecule has 2 heterocycles. The number of carbonyl (C=O) groups excluding carboxylic acids is 1. The number of carbonyl (C=O) groups is 1. The van der Waals surface area contributed by atoms with Crippen LogP contribution in [0.15, 0.2) is 10.9 Å². The molecule has 1 saturated heterocycles. The van der Waals surface area contributed by atoms with Gasteiger partial charge in [0.15, 0.2) is 0 Å². The minimum Gasteiger partial charge on any atom is -0.356 e. The smallest absolute Gasteiger partial charge is 0.220 e. The lowest BCUT2D eigenvalue weighted by Gasteiger charge is -2.22. The summed E-state index contributed by atoms with van der Waals surface area (Å²) in [5.41, 5.74) is 2.90. The molecule has 2 N–H and O–H groups in total. The first kappa shape index (κ1) is 13.5. The average molecular weight is 267 g/mol. The summed E-state index contributed by atoms with van der Waals surface area (Å²) in [5, 5.41) is 8.35. The zero-order valence-electron chi connectivity index (χ0n) is 10.7. The lowest BCUT2D eigenvalue weighted by Crippen LogP contribution is -2.30. The summed E-state index contributed by atoms with van der Waals surface area (Å²) in [5.74, 6) is 0.916. The molecule has 0 saturated carbocycles. The van der Waals surface area contributed by atoms with Crippen LogP contribution in [0.4, 0.5) is 0 Å². The lowest BCUT2D eigenvalue weighted by molar-refractivity contribution is -0.121. The summed E-state index contributed by atoms with van der Waals surface area (Å²) in [4.78, 5) is 15.9. The largest absolute Gasteiger partial charge is 0.356 e. The van der Waals surface area contributed by atoms with Gasteiger partial charge >= 0.3 is 0 Å². The van der Waals surface area contributed by atoms with Crippen molar-refractivity contribution in [3.63, 3.8) is 0 Å². The maximum atomic E-state index is 11.7. The highest BCUT2D eigenvalue weighted by atomic mass is 32.1. The molecular weight excluding hydrogens is 246 g/mol. The minimum atomic E-state index is 0.184. The molecule has 18 heavy (non-hydrogen) atoms. The first-order valence-electron chi connectivity index (χ1n) is 6.69. The molecule has 0 unspecified atom stereocenters. The van der Waals surface area contributed by atoms with Gasteiger partial charge in [-0.25, -0.2) is 4.98 Å². The standard InChI is InChI=1S/C13H21N3OS/c17-13(2-1-11-3-6-14-7-4-11)15-8-5-12-9-18-10-16-12/h9-11,14H,1-8H2,(H,15,17). The van der Waals surface area contributed by atoms with Gasteiger partial charge in [-0.15, -0.1) is 11.3 Å². The Hall–Kier alpha value is -0.940. The van der Waals surface area contributed by atoms with Crippen LogP contribution in [-0.2, 0) is 11.2 Å². The Labute approximate surface area is 112 Å². The molecule has 1 aliphatic rings. The molecule has 5 heteroatoms. The van der Waals surface area contributed by atoms with E-state index in [0.29, 0.717) is 13.0 Å². The van der Waals surface area contributed by atoms with Crippen LogP contribution in [0.5, 0.6) is 0 Å². The van der Waals surface area contributed by atoms with Crippen molar-refractivity contribution in [3.05, 3.63) is 16.6 Å². The first-order valence-corrected chi connectivity index (χ1v) is 7.63. The number of hydrogen-bond acceptors (Lipinski definition) is 4. The highest BCUT2D eigenvalue weighted by Crippen LogP contribution is 2.17. The van der Waals surface area contributed by atoms with Crippen LogP contribution >= 0.6 is 11.3 Å². The number of thiazole rings is 1. The lowest BCUT2D eigenvalue weighted by atomic mass is 9.93. The van der Waals surface area contributed by atoms with E-state index >= 15 is 0 Å². The number of piperidine rings is 1. The van der Waals surface area contributed by atoms with Gasteiger partial charge in [-0.1, -0.05) is 0 Å². The Morgan fingerprint density at radius 3 is 3.06 bits per heavy atom.